The molecule has 4 aromatic rings. The Kier molecular flexibility index (Phi) is 5.48. The second-order valence-corrected chi connectivity index (χ2v) is 8.03. The van der Waals surface area contributed by atoms with Gasteiger partial charge >= 0.3 is 0 Å². The summed E-state index contributed by atoms with van der Waals surface area (Å²) in [4.78, 5) is 30.4. The van der Waals surface area contributed by atoms with Crippen LogP contribution in [-0.4, -0.2) is 24.5 Å². The highest BCUT2D eigenvalue weighted by molar-refractivity contribution is 5.96. The predicted molar refractivity (Wildman–Crippen MR) is 127 cm³/mol. The van der Waals surface area contributed by atoms with Gasteiger partial charge in [-0.1, -0.05) is 18.2 Å². The van der Waals surface area contributed by atoms with Crippen molar-refractivity contribution in [1.82, 2.24) is 24.5 Å². The molecule has 1 atom stereocenters. The summed E-state index contributed by atoms with van der Waals surface area (Å²) < 4.78 is 1.79. The third kappa shape index (κ3) is 3.84. The van der Waals surface area contributed by atoms with Gasteiger partial charge in [-0.05, 0) is 44.7 Å². The van der Waals surface area contributed by atoms with Gasteiger partial charge in [-0.15, -0.1) is 0 Å². The lowest BCUT2D eigenvalue weighted by atomic mass is 9.99. The minimum atomic E-state index is -0.266. The molecule has 0 saturated carbocycles. The summed E-state index contributed by atoms with van der Waals surface area (Å²) in [7, 11) is 0. The molecule has 0 saturated heterocycles. The smallest absolute Gasteiger partial charge is 0.259 e. The van der Waals surface area contributed by atoms with Crippen LogP contribution >= 0.6 is 0 Å². The van der Waals surface area contributed by atoms with Crippen molar-refractivity contribution >= 4 is 28.2 Å². The van der Waals surface area contributed by atoms with Gasteiger partial charge in [-0.3, -0.25) is 4.79 Å². The maximum atomic E-state index is 13.8. The number of hydrogen-bond donors (Lipinski definition) is 3. The molecule has 32 heavy (non-hydrogen) atoms. The normalized spacial score (nSPS) is 12.3. The standard InChI is InChI=1S/C23H26N8O/c1-12(2)31-19(13(3)29-21-18(24)11-28-23(25)30-21)8-15-6-5-7-17(20(15)22(31)32)16-9-26-14(4)27-10-16/h5-13H,24H2,1-4H3,(H3,25,28,29,30)/t13-/m0/s1. The van der Waals surface area contributed by atoms with E-state index in [2.05, 4.69) is 25.3 Å². The molecule has 0 aliphatic heterocycles. The highest BCUT2D eigenvalue weighted by Crippen LogP contribution is 2.30. The Bertz CT molecular complexity index is 1340. The molecule has 0 amide bonds. The molecule has 5 N–H and O–H groups in total. The average molecular weight is 431 g/mol. The Morgan fingerprint density at radius 3 is 2.44 bits per heavy atom. The Hall–Kier alpha value is -4.01. The number of aromatic nitrogens is 5. The largest absolute Gasteiger partial charge is 0.394 e. The van der Waals surface area contributed by atoms with Gasteiger partial charge in [0.2, 0.25) is 5.95 Å². The van der Waals surface area contributed by atoms with Gasteiger partial charge in [0.1, 0.15) is 5.82 Å². The minimum Gasteiger partial charge on any atom is -0.394 e. The molecule has 0 radical (unpaired) electrons. The number of nitrogens with two attached hydrogens (primary N) is 2. The first-order chi connectivity index (χ1) is 15.3. The van der Waals surface area contributed by atoms with Gasteiger partial charge in [0.25, 0.3) is 5.56 Å². The van der Waals surface area contributed by atoms with Crippen molar-refractivity contribution in [3.63, 3.8) is 0 Å². The maximum Gasteiger partial charge on any atom is 0.259 e. The van der Waals surface area contributed by atoms with Crippen LogP contribution in [0.1, 0.15) is 44.4 Å². The van der Waals surface area contributed by atoms with Gasteiger partial charge in [0.15, 0.2) is 5.82 Å². The SMILES string of the molecule is Cc1ncc(-c2cccc3cc([C@H](C)Nc4nc(N)ncc4N)n(C(C)C)c(=O)c23)cn1. The molecular formula is C23H26N8O. The van der Waals surface area contributed by atoms with Gasteiger partial charge in [0, 0.05) is 29.7 Å². The molecule has 9 nitrogen and oxygen atoms in total. The maximum absolute atomic E-state index is 13.8. The van der Waals surface area contributed by atoms with Crippen molar-refractivity contribution in [2.75, 3.05) is 16.8 Å². The van der Waals surface area contributed by atoms with E-state index < -0.39 is 0 Å². The molecule has 0 spiro atoms. The summed E-state index contributed by atoms with van der Waals surface area (Å²) in [6, 6.07) is 7.48. The molecule has 0 aliphatic carbocycles. The molecule has 0 unspecified atom stereocenters. The van der Waals surface area contributed by atoms with E-state index in [9.17, 15) is 4.79 Å². The molecule has 4 rings (SSSR count). The van der Waals surface area contributed by atoms with Crippen LogP contribution in [0.15, 0.2) is 47.7 Å². The zero-order valence-electron chi connectivity index (χ0n) is 18.5. The Morgan fingerprint density at radius 2 is 1.75 bits per heavy atom. The number of rotatable bonds is 5. The highest BCUT2D eigenvalue weighted by Gasteiger charge is 2.20. The summed E-state index contributed by atoms with van der Waals surface area (Å²) in [6.45, 7) is 7.75. The summed E-state index contributed by atoms with van der Waals surface area (Å²) >= 11 is 0. The zero-order valence-corrected chi connectivity index (χ0v) is 18.5. The van der Waals surface area contributed by atoms with E-state index in [1.807, 2.05) is 52.0 Å². The monoisotopic (exact) mass is 430 g/mol. The average Bonchev–Trinajstić information content (AvgIpc) is 2.76. The first-order valence-corrected chi connectivity index (χ1v) is 10.4. The quantitative estimate of drug-likeness (QED) is 0.437. The van der Waals surface area contributed by atoms with Crippen molar-refractivity contribution < 1.29 is 0 Å². The molecule has 164 valence electrons. The van der Waals surface area contributed by atoms with Crippen LogP contribution in [0.5, 0.6) is 0 Å². The molecule has 0 aliphatic rings. The number of fused-ring (bicyclic) bond motifs is 1. The molecule has 9 heteroatoms. The summed E-state index contributed by atoms with van der Waals surface area (Å²) in [5.41, 5.74) is 14.4. The fourth-order valence-corrected chi connectivity index (χ4v) is 3.83. The van der Waals surface area contributed by atoms with E-state index in [1.165, 1.54) is 6.20 Å². The van der Waals surface area contributed by atoms with Crippen LogP contribution in [-0.2, 0) is 0 Å². The van der Waals surface area contributed by atoms with Crippen molar-refractivity contribution in [3.8, 4) is 11.1 Å². The van der Waals surface area contributed by atoms with Crippen LogP contribution in [0, 0.1) is 6.92 Å². The summed E-state index contributed by atoms with van der Waals surface area (Å²) in [6.07, 6.45) is 4.95. The zero-order chi connectivity index (χ0) is 23.0. The lowest BCUT2D eigenvalue weighted by Crippen LogP contribution is -2.28. The predicted octanol–water partition coefficient (Wildman–Crippen LogP) is 3.48. The lowest BCUT2D eigenvalue weighted by molar-refractivity contribution is 0.541. The van der Waals surface area contributed by atoms with E-state index in [1.54, 1.807) is 17.0 Å². The first-order valence-electron chi connectivity index (χ1n) is 10.4. The minimum absolute atomic E-state index is 0.0683. The number of nitrogens with zero attached hydrogens (tertiary/aromatic N) is 5. The van der Waals surface area contributed by atoms with Crippen LogP contribution in [0.2, 0.25) is 0 Å². The number of pyridine rings is 1. The van der Waals surface area contributed by atoms with Crippen molar-refractivity contribution in [2.45, 2.75) is 39.8 Å². The molecule has 3 aromatic heterocycles. The lowest BCUT2D eigenvalue weighted by Gasteiger charge is -2.24. The second kappa shape index (κ2) is 8.26. The number of nitrogens with one attached hydrogen (secondary N) is 1. The molecule has 1 aromatic carbocycles. The van der Waals surface area contributed by atoms with Gasteiger partial charge in [-0.25, -0.2) is 15.0 Å². The molecule has 0 fully saturated rings. The Labute approximate surface area is 185 Å². The number of hydrogen-bond acceptors (Lipinski definition) is 8. The van der Waals surface area contributed by atoms with E-state index in [-0.39, 0.29) is 23.6 Å². The van der Waals surface area contributed by atoms with Crippen molar-refractivity contribution in [1.29, 1.82) is 0 Å². The van der Waals surface area contributed by atoms with Gasteiger partial charge < -0.3 is 21.4 Å². The van der Waals surface area contributed by atoms with E-state index in [4.69, 9.17) is 11.5 Å². The van der Waals surface area contributed by atoms with Gasteiger partial charge in [0.05, 0.1) is 23.3 Å². The third-order valence-corrected chi connectivity index (χ3v) is 5.35. The topological polar surface area (TPSA) is 138 Å². The third-order valence-electron chi connectivity index (χ3n) is 5.35. The van der Waals surface area contributed by atoms with Crippen molar-refractivity contribution in [2.24, 2.45) is 0 Å². The Balaban J connectivity index is 1.89. The number of nitrogen functional groups attached to an aromatic ring is 2. The number of aryl methyl sites for hydroxylation is 1. The summed E-state index contributed by atoms with van der Waals surface area (Å²) in [5.74, 6) is 1.23. The first kappa shape index (κ1) is 21.2. The molecular weight excluding hydrogens is 404 g/mol. The van der Waals surface area contributed by atoms with Gasteiger partial charge in [-0.2, -0.15) is 4.98 Å². The number of anilines is 3. The van der Waals surface area contributed by atoms with Crippen LogP contribution < -0.4 is 22.3 Å². The fraction of sp³-hybridized carbons (Fsp3) is 0.261. The molecule has 3 heterocycles. The van der Waals surface area contributed by atoms with Crippen molar-refractivity contribution in [3.05, 3.63) is 64.7 Å². The van der Waals surface area contributed by atoms with E-state index >= 15 is 0 Å². The van der Waals surface area contributed by atoms with Crippen LogP contribution in [0.25, 0.3) is 21.9 Å². The molecule has 0 bridgehead atoms. The number of benzene rings is 1. The fourth-order valence-electron chi connectivity index (χ4n) is 3.83. The van der Waals surface area contributed by atoms with Crippen LogP contribution in [0.3, 0.4) is 0 Å². The van der Waals surface area contributed by atoms with Crippen LogP contribution in [0.4, 0.5) is 17.5 Å². The van der Waals surface area contributed by atoms with E-state index in [0.717, 1.165) is 22.2 Å². The highest BCUT2D eigenvalue weighted by atomic mass is 16.1. The second-order valence-electron chi connectivity index (χ2n) is 8.03. The summed E-state index contributed by atoms with van der Waals surface area (Å²) in [5, 5.41) is 4.74. The Morgan fingerprint density at radius 1 is 1.03 bits per heavy atom. The van der Waals surface area contributed by atoms with E-state index in [0.29, 0.717) is 22.7 Å².